The molecule has 1 saturated heterocycles. The Kier molecular flexibility index (Phi) is 7.83. The van der Waals surface area contributed by atoms with Gasteiger partial charge in [0.1, 0.15) is 0 Å². The van der Waals surface area contributed by atoms with Gasteiger partial charge in [-0.25, -0.2) is 0 Å². The first kappa shape index (κ1) is 10.8. The van der Waals surface area contributed by atoms with Crippen molar-refractivity contribution in [3.63, 3.8) is 0 Å². The number of aliphatic hydroxyl groups is 1. The van der Waals surface area contributed by atoms with Gasteiger partial charge in [-0.1, -0.05) is 0 Å². The van der Waals surface area contributed by atoms with E-state index in [0.717, 1.165) is 32.7 Å². The van der Waals surface area contributed by atoms with Crippen molar-refractivity contribution in [1.29, 1.82) is 0 Å². The Hall–Kier alpha value is -0.160. The normalized spacial score (nSPS) is 18.8. The third-order valence-corrected chi connectivity index (χ3v) is 1.63. The van der Waals surface area contributed by atoms with E-state index in [4.69, 9.17) is 5.11 Å². The molecule has 68 valence electrons. The van der Waals surface area contributed by atoms with Crippen LogP contribution in [0, 0.1) is 0 Å². The van der Waals surface area contributed by atoms with E-state index in [1.165, 1.54) is 7.05 Å². The number of hydrogen-bond donors (Lipinski definition) is 3. The maximum Gasteiger partial charge on any atom is 0.0558 e. The van der Waals surface area contributed by atoms with E-state index < -0.39 is 0 Å². The highest BCUT2D eigenvalue weighted by molar-refractivity contribution is 4.66. The minimum atomic E-state index is 0.292. The molecule has 0 unspecified atom stereocenters. The summed E-state index contributed by atoms with van der Waals surface area (Å²) in [5, 5.41) is 11.8. The molecule has 4 N–H and O–H groups in total. The van der Waals surface area contributed by atoms with Gasteiger partial charge in [0.25, 0.3) is 0 Å². The molecule has 0 aromatic rings. The second kappa shape index (κ2) is 7.94. The van der Waals surface area contributed by atoms with Crippen LogP contribution < -0.4 is 11.1 Å². The smallest absolute Gasteiger partial charge is 0.0558 e. The molecule has 0 saturated carbocycles. The van der Waals surface area contributed by atoms with Crippen molar-refractivity contribution in [3.8, 4) is 0 Å². The lowest BCUT2D eigenvalue weighted by atomic mass is 10.4. The van der Waals surface area contributed by atoms with Gasteiger partial charge in [0.05, 0.1) is 6.61 Å². The molecule has 1 aliphatic rings. The first-order valence-corrected chi connectivity index (χ1v) is 4.05. The highest BCUT2D eigenvalue weighted by Gasteiger charge is 2.06. The van der Waals surface area contributed by atoms with Gasteiger partial charge in [0.2, 0.25) is 0 Å². The van der Waals surface area contributed by atoms with E-state index in [2.05, 4.69) is 16.0 Å². The standard InChI is InChI=1S/C6H14N2O.CH5N/c9-6-5-8-3-1-7-2-4-8;1-2/h7,9H,1-6H2;2H2,1H3. The molecule has 11 heavy (non-hydrogen) atoms. The molecular weight excluding hydrogens is 142 g/mol. The molecule has 0 amide bonds. The number of β-amino-alcohol motifs (C(OH)–C–C–N with tert-alkyl or cyclic N) is 1. The van der Waals surface area contributed by atoms with Gasteiger partial charge < -0.3 is 16.2 Å². The van der Waals surface area contributed by atoms with Crippen LogP contribution in [0.25, 0.3) is 0 Å². The number of nitrogens with two attached hydrogens (primary N) is 1. The van der Waals surface area contributed by atoms with Crippen LogP contribution in [0.4, 0.5) is 0 Å². The van der Waals surface area contributed by atoms with Crippen molar-refractivity contribution in [2.75, 3.05) is 46.4 Å². The van der Waals surface area contributed by atoms with E-state index >= 15 is 0 Å². The Morgan fingerprint density at radius 3 is 2.36 bits per heavy atom. The summed E-state index contributed by atoms with van der Waals surface area (Å²) in [6, 6.07) is 0. The van der Waals surface area contributed by atoms with Gasteiger partial charge in [-0.15, -0.1) is 0 Å². The monoisotopic (exact) mass is 161 g/mol. The van der Waals surface area contributed by atoms with Crippen LogP contribution in [-0.2, 0) is 0 Å². The molecule has 0 spiro atoms. The maximum absolute atomic E-state index is 8.56. The highest BCUT2D eigenvalue weighted by Crippen LogP contribution is 1.88. The SMILES string of the molecule is CN.OCCN1CCNCC1. The van der Waals surface area contributed by atoms with Crippen LogP contribution in [0.1, 0.15) is 0 Å². The molecule has 4 heteroatoms. The number of rotatable bonds is 2. The van der Waals surface area contributed by atoms with Gasteiger partial charge in [0.15, 0.2) is 0 Å². The zero-order valence-corrected chi connectivity index (χ0v) is 7.21. The van der Waals surface area contributed by atoms with E-state index in [-0.39, 0.29) is 0 Å². The second-order valence-electron chi connectivity index (χ2n) is 2.32. The molecule has 1 rings (SSSR count). The summed E-state index contributed by atoms with van der Waals surface area (Å²) in [7, 11) is 1.50. The number of hydrogen-bond acceptors (Lipinski definition) is 4. The van der Waals surface area contributed by atoms with Crippen LogP contribution in [0.2, 0.25) is 0 Å². The third-order valence-electron chi connectivity index (χ3n) is 1.63. The van der Waals surface area contributed by atoms with Gasteiger partial charge >= 0.3 is 0 Å². The van der Waals surface area contributed by atoms with Crippen LogP contribution >= 0.6 is 0 Å². The fourth-order valence-electron chi connectivity index (χ4n) is 1.08. The van der Waals surface area contributed by atoms with Crippen LogP contribution in [0.15, 0.2) is 0 Å². The summed E-state index contributed by atoms with van der Waals surface area (Å²) < 4.78 is 0. The average molecular weight is 161 g/mol. The quantitative estimate of drug-likeness (QED) is 0.459. The van der Waals surface area contributed by atoms with Crippen LogP contribution in [-0.4, -0.2) is 56.4 Å². The summed E-state index contributed by atoms with van der Waals surface area (Å²) in [5.74, 6) is 0. The van der Waals surface area contributed by atoms with Crippen molar-refractivity contribution in [2.24, 2.45) is 5.73 Å². The van der Waals surface area contributed by atoms with Gasteiger partial charge in [0, 0.05) is 32.7 Å². The molecular formula is C7H19N3O. The summed E-state index contributed by atoms with van der Waals surface area (Å²) in [5.41, 5.74) is 4.50. The lowest BCUT2D eigenvalue weighted by Gasteiger charge is -2.25. The Morgan fingerprint density at radius 1 is 1.36 bits per heavy atom. The molecule has 0 aliphatic carbocycles. The number of piperazine rings is 1. The predicted molar refractivity (Wildman–Crippen MR) is 46.5 cm³/mol. The van der Waals surface area contributed by atoms with Crippen molar-refractivity contribution in [2.45, 2.75) is 0 Å². The second-order valence-corrected chi connectivity index (χ2v) is 2.32. The fraction of sp³-hybridized carbons (Fsp3) is 1.00. The third kappa shape index (κ3) is 5.15. The minimum Gasteiger partial charge on any atom is -0.395 e. The zero-order valence-electron chi connectivity index (χ0n) is 7.21. The Balaban J connectivity index is 0.000000461. The number of nitrogens with one attached hydrogen (secondary N) is 1. The Morgan fingerprint density at radius 2 is 1.91 bits per heavy atom. The van der Waals surface area contributed by atoms with E-state index in [9.17, 15) is 0 Å². The van der Waals surface area contributed by atoms with Gasteiger partial charge in [-0.05, 0) is 7.05 Å². The lowest BCUT2D eigenvalue weighted by Crippen LogP contribution is -2.44. The first-order chi connectivity index (χ1) is 5.43. The summed E-state index contributed by atoms with van der Waals surface area (Å²) >= 11 is 0. The summed E-state index contributed by atoms with van der Waals surface area (Å²) in [4.78, 5) is 2.26. The largest absolute Gasteiger partial charge is 0.395 e. The van der Waals surface area contributed by atoms with Gasteiger partial charge in [-0.3, -0.25) is 4.90 Å². The van der Waals surface area contributed by atoms with Crippen LogP contribution in [0.3, 0.4) is 0 Å². The van der Waals surface area contributed by atoms with E-state index in [0.29, 0.717) is 6.61 Å². The first-order valence-electron chi connectivity index (χ1n) is 4.05. The molecule has 1 heterocycles. The molecule has 0 atom stereocenters. The Bertz CT molecular complexity index is 71.3. The highest BCUT2D eigenvalue weighted by atomic mass is 16.3. The zero-order chi connectivity index (χ0) is 8.53. The molecule has 1 fully saturated rings. The molecule has 0 aromatic carbocycles. The van der Waals surface area contributed by atoms with E-state index in [1.807, 2.05) is 0 Å². The summed E-state index contributed by atoms with van der Waals surface area (Å²) in [6.07, 6.45) is 0. The summed E-state index contributed by atoms with van der Waals surface area (Å²) in [6.45, 7) is 5.43. The fourth-order valence-corrected chi connectivity index (χ4v) is 1.08. The van der Waals surface area contributed by atoms with Crippen molar-refractivity contribution in [3.05, 3.63) is 0 Å². The lowest BCUT2D eigenvalue weighted by molar-refractivity contribution is 0.180. The molecule has 1 aliphatic heterocycles. The number of nitrogens with zero attached hydrogens (tertiary/aromatic N) is 1. The molecule has 0 radical (unpaired) electrons. The van der Waals surface area contributed by atoms with Crippen molar-refractivity contribution >= 4 is 0 Å². The molecule has 0 aromatic heterocycles. The number of aliphatic hydroxyl groups excluding tert-OH is 1. The van der Waals surface area contributed by atoms with Gasteiger partial charge in [-0.2, -0.15) is 0 Å². The molecule has 0 bridgehead atoms. The topological polar surface area (TPSA) is 61.5 Å². The Labute approximate surface area is 68.4 Å². The molecule has 4 nitrogen and oxygen atoms in total. The average Bonchev–Trinajstić information content (AvgIpc) is 2.11. The van der Waals surface area contributed by atoms with Crippen molar-refractivity contribution < 1.29 is 5.11 Å². The van der Waals surface area contributed by atoms with Crippen molar-refractivity contribution in [1.82, 2.24) is 10.2 Å². The maximum atomic E-state index is 8.56. The minimum absolute atomic E-state index is 0.292. The predicted octanol–water partition coefficient (Wildman–Crippen LogP) is -1.54. The van der Waals surface area contributed by atoms with E-state index in [1.54, 1.807) is 0 Å². The van der Waals surface area contributed by atoms with Crippen LogP contribution in [0.5, 0.6) is 0 Å².